The lowest BCUT2D eigenvalue weighted by Gasteiger charge is -2.46. The summed E-state index contributed by atoms with van der Waals surface area (Å²) < 4.78 is 12.7. The molecule has 0 spiro atoms. The van der Waals surface area contributed by atoms with Crippen molar-refractivity contribution in [2.45, 2.75) is 20.8 Å². The second-order valence-electron chi connectivity index (χ2n) is 5.50. The largest absolute Gasteiger partial charge is 0.355 e. The van der Waals surface area contributed by atoms with Gasteiger partial charge in [0.15, 0.2) is 0 Å². The molecule has 2 rings (SSSR count). The Morgan fingerprint density at radius 3 is 2.56 bits per heavy atom. The molecule has 1 aromatic heterocycles. The van der Waals surface area contributed by atoms with E-state index in [1.165, 1.54) is 12.3 Å². The maximum Gasteiger partial charge on any atom is 0.270 e. The average molecular weight is 224 g/mol. The van der Waals surface area contributed by atoms with Gasteiger partial charge in [0.1, 0.15) is 11.5 Å². The molecule has 4 heteroatoms. The molecule has 1 amide bonds. The second-order valence-corrected chi connectivity index (χ2v) is 5.50. The van der Waals surface area contributed by atoms with Crippen LogP contribution in [-0.4, -0.2) is 28.9 Å². The van der Waals surface area contributed by atoms with E-state index in [9.17, 15) is 9.18 Å². The van der Waals surface area contributed by atoms with Gasteiger partial charge in [0.2, 0.25) is 0 Å². The lowest BCUT2D eigenvalue weighted by Crippen LogP contribution is -2.54. The quantitative estimate of drug-likeness (QED) is 0.780. The average Bonchev–Trinajstić information content (AvgIpc) is 2.45. The van der Waals surface area contributed by atoms with Gasteiger partial charge in [-0.25, -0.2) is 4.39 Å². The van der Waals surface area contributed by atoms with Crippen LogP contribution in [0.25, 0.3) is 0 Å². The number of carbonyl (C=O) groups excluding carboxylic acids is 1. The van der Waals surface area contributed by atoms with Gasteiger partial charge in [-0.2, -0.15) is 0 Å². The summed E-state index contributed by atoms with van der Waals surface area (Å²) in [5.74, 6) is 0.0388. The van der Waals surface area contributed by atoms with Gasteiger partial charge in [0.05, 0.1) is 0 Å². The number of carbonyl (C=O) groups is 1. The molecule has 0 aromatic carbocycles. The van der Waals surface area contributed by atoms with E-state index in [1.54, 1.807) is 4.90 Å². The van der Waals surface area contributed by atoms with Crippen LogP contribution in [0.1, 0.15) is 31.3 Å². The third-order valence-electron chi connectivity index (χ3n) is 3.27. The molecule has 88 valence electrons. The van der Waals surface area contributed by atoms with Gasteiger partial charge in [0, 0.05) is 25.4 Å². The van der Waals surface area contributed by atoms with Gasteiger partial charge in [0.25, 0.3) is 5.91 Å². The second kappa shape index (κ2) is 3.61. The summed E-state index contributed by atoms with van der Waals surface area (Å²) in [6.07, 6.45) is 1.20. The fraction of sp³-hybridized carbons (Fsp3) is 0.583. The van der Waals surface area contributed by atoms with Crippen molar-refractivity contribution in [1.29, 1.82) is 0 Å². The van der Waals surface area contributed by atoms with Crippen molar-refractivity contribution < 1.29 is 9.18 Å². The Labute approximate surface area is 94.6 Å². The highest BCUT2D eigenvalue weighted by atomic mass is 19.1. The van der Waals surface area contributed by atoms with Crippen molar-refractivity contribution >= 4 is 5.91 Å². The predicted octanol–water partition coefficient (Wildman–Crippen LogP) is 2.27. The third kappa shape index (κ3) is 1.96. The van der Waals surface area contributed by atoms with E-state index in [-0.39, 0.29) is 11.3 Å². The lowest BCUT2D eigenvalue weighted by molar-refractivity contribution is 0.0206. The van der Waals surface area contributed by atoms with Crippen LogP contribution in [0, 0.1) is 17.2 Å². The van der Waals surface area contributed by atoms with Crippen LogP contribution in [0.15, 0.2) is 12.3 Å². The van der Waals surface area contributed by atoms with Crippen molar-refractivity contribution in [3.63, 3.8) is 0 Å². The number of rotatable bonds is 1. The molecular weight excluding hydrogens is 207 g/mol. The molecule has 0 aliphatic carbocycles. The summed E-state index contributed by atoms with van der Waals surface area (Å²) in [6, 6.07) is 1.24. The Bertz CT molecular complexity index is 399. The van der Waals surface area contributed by atoms with Crippen molar-refractivity contribution in [2.75, 3.05) is 13.1 Å². The Kier molecular flexibility index (Phi) is 2.52. The summed E-state index contributed by atoms with van der Waals surface area (Å²) in [6.45, 7) is 8.06. The first-order valence-corrected chi connectivity index (χ1v) is 5.51. The van der Waals surface area contributed by atoms with Crippen molar-refractivity contribution in [2.24, 2.45) is 11.3 Å². The zero-order valence-electron chi connectivity index (χ0n) is 9.88. The molecule has 1 aromatic rings. The highest BCUT2D eigenvalue weighted by Gasteiger charge is 2.38. The number of aromatic nitrogens is 1. The third-order valence-corrected chi connectivity index (χ3v) is 3.27. The van der Waals surface area contributed by atoms with Gasteiger partial charge < -0.3 is 9.88 Å². The first-order chi connectivity index (χ1) is 7.38. The fourth-order valence-electron chi connectivity index (χ4n) is 1.85. The van der Waals surface area contributed by atoms with E-state index in [2.05, 4.69) is 25.8 Å². The molecule has 0 atom stereocenters. The van der Waals surface area contributed by atoms with E-state index in [0.29, 0.717) is 11.6 Å². The summed E-state index contributed by atoms with van der Waals surface area (Å²) in [5, 5.41) is 0. The SMILES string of the molecule is CC(C)(C)C1CN(C(=O)c2cc(F)c[nH]2)C1. The topological polar surface area (TPSA) is 36.1 Å². The molecule has 1 aliphatic heterocycles. The lowest BCUT2D eigenvalue weighted by atomic mass is 9.76. The zero-order valence-corrected chi connectivity index (χ0v) is 9.88. The van der Waals surface area contributed by atoms with Crippen LogP contribution >= 0.6 is 0 Å². The molecule has 1 fully saturated rings. The summed E-state index contributed by atoms with van der Waals surface area (Å²) in [7, 11) is 0. The maximum atomic E-state index is 12.7. The molecule has 1 N–H and O–H groups in total. The molecule has 16 heavy (non-hydrogen) atoms. The minimum atomic E-state index is -0.392. The molecule has 2 heterocycles. The Morgan fingerprint density at radius 2 is 2.12 bits per heavy atom. The summed E-state index contributed by atoms with van der Waals surface area (Å²) in [4.78, 5) is 16.2. The molecule has 0 radical (unpaired) electrons. The van der Waals surface area contributed by atoms with Crippen LogP contribution in [-0.2, 0) is 0 Å². The first kappa shape index (κ1) is 11.2. The monoisotopic (exact) mass is 224 g/mol. The maximum absolute atomic E-state index is 12.7. The number of halogens is 1. The first-order valence-electron chi connectivity index (χ1n) is 5.51. The van der Waals surface area contributed by atoms with Crippen LogP contribution in [0.5, 0.6) is 0 Å². The Hall–Kier alpha value is -1.32. The van der Waals surface area contributed by atoms with Crippen LogP contribution in [0.2, 0.25) is 0 Å². The van der Waals surface area contributed by atoms with Gasteiger partial charge in [-0.05, 0) is 11.3 Å². The predicted molar refractivity (Wildman–Crippen MR) is 59.6 cm³/mol. The Balaban J connectivity index is 1.96. The minimum absolute atomic E-state index is 0.107. The standard InChI is InChI=1S/C12H17FN2O/c1-12(2,3)8-6-15(7-8)11(16)10-4-9(13)5-14-10/h4-5,8,14H,6-7H2,1-3H3. The number of nitrogens with zero attached hydrogens (tertiary/aromatic N) is 1. The zero-order chi connectivity index (χ0) is 11.9. The molecule has 3 nitrogen and oxygen atoms in total. The minimum Gasteiger partial charge on any atom is -0.355 e. The molecule has 1 saturated heterocycles. The molecule has 0 saturated carbocycles. The van der Waals surface area contributed by atoms with E-state index in [0.717, 1.165) is 13.1 Å². The number of hydrogen-bond donors (Lipinski definition) is 1. The number of H-pyrrole nitrogens is 1. The molecule has 0 unspecified atom stereocenters. The number of amides is 1. The van der Waals surface area contributed by atoms with Crippen molar-refractivity contribution in [3.8, 4) is 0 Å². The number of hydrogen-bond acceptors (Lipinski definition) is 1. The fourth-order valence-corrected chi connectivity index (χ4v) is 1.85. The Morgan fingerprint density at radius 1 is 1.50 bits per heavy atom. The van der Waals surface area contributed by atoms with E-state index >= 15 is 0 Å². The van der Waals surface area contributed by atoms with Crippen molar-refractivity contribution in [3.05, 3.63) is 23.8 Å². The van der Waals surface area contributed by atoms with Crippen LogP contribution in [0.4, 0.5) is 4.39 Å². The summed E-state index contributed by atoms with van der Waals surface area (Å²) >= 11 is 0. The van der Waals surface area contributed by atoms with Gasteiger partial charge >= 0.3 is 0 Å². The normalized spacial score (nSPS) is 17.4. The number of likely N-dealkylation sites (tertiary alicyclic amines) is 1. The summed E-state index contributed by atoms with van der Waals surface area (Å²) in [5.41, 5.74) is 0.572. The van der Waals surface area contributed by atoms with Crippen LogP contribution in [0.3, 0.4) is 0 Å². The van der Waals surface area contributed by atoms with Crippen LogP contribution < -0.4 is 0 Å². The van der Waals surface area contributed by atoms with E-state index < -0.39 is 5.82 Å². The highest BCUT2D eigenvalue weighted by molar-refractivity contribution is 5.93. The smallest absolute Gasteiger partial charge is 0.270 e. The highest BCUT2D eigenvalue weighted by Crippen LogP contribution is 2.34. The number of nitrogens with one attached hydrogen (secondary N) is 1. The van der Waals surface area contributed by atoms with Gasteiger partial charge in [-0.15, -0.1) is 0 Å². The van der Waals surface area contributed by atoms with Gasteiger partial charge in [-0.3, -0.25) is 4.79 Å². The van der Waals surface area contributed by atoms with E-state index in [4.69, 9.17) is 0 Å². The van der Waals surface area contributed by atoms with Gasteiger partial charge in [-0.1, -0.05) is 20.8 Å². The molecule has 1 aliphatic rings. The molecular formula is C12H17FN2O. The van der Waals surface area contributed by atoms with Crippen molar-refractivity contribution in [1.82, 2.24) is 9.88 Å². The molecule has 0 bridgehead atoms. The van der Waals surface area contributed by atoms with E-state index in [1.807, 2.05) is 0 Å². The number of aromatic amines is 1.